The Bertz CT molecular complexity index is 3010. The Kier molecular flexibility index (Phi) is 7.63. The number of allylic oxidation sites excluding steroid dienone is 1. The van der Waals surface area contributed by atoms with Crippen molar-refractivity contribution in [3.8, 4) is 67.2 Å². The lowest BCUT2D eigenvalue weighted by molar-refractivity contribution is 0.772. The average Bonchev–Trinajstić information content (AvgIpc) is 3.65. The lowest BCUT2D eigenvalue weighted by atomic mass is 9.86. The van der Waals surface area contributed by atoms with Gasteiger partial charge in [0.05, 0.1) is 11.2 Å². The van der Waals surface area contributed by atoms with E-state index in [2.05, 4.69) is 189 Å². The maximum Gasteiger partial charge on any atom is 0.160 e. The van der Waals surface area contributed by atoms with Crippen LogP contribution in [-0.2, 0) is 6.42 Å². The van der Waals surface area contributed by atoms with Gasteiger partial charge in [-0.1, -0.05) is 165 Å². The van der Waals surface area contributed by atoms with Gasteiger partial charge in [0.25, 0.3) is 0 Å². The molecule has 0 spiro atoms. The van der Waals surface area contributed by atoms with Crippen molar-refractivity contribution in [2.24, 2.45) is 0 Å². The zero-order chi connectivity index (χ0) is 37.2. The highest BCUT2D eigenvalue weighted by Crippen LogP contribution is 2.48. The van der Waals surface area contributed by atoms with E-state index >= 15 is 0 Å². The third-order valence-corrected chi connectivity index (χ3v) is 11.9. The van der Waals surface area contributed by atoms with E-state index < -0.39 is 0 Å². The van der Waals surface area contributed by atoms with E-state index in [9.17, 15) is 0 Å². The second-order valence-electron chi connectivity index (χ2n) is 15.4. The summed E-state index contributed by atoms with van der Waals surface area (Å²) >= 11 is 0. The summed E-state index contributed by atoms with van der Waals surface area (Å²) in [6.07, 6.45) is 6.57. The molecule has 9 aromatic rings. The Morgan fingerprint density at radius 3 is 2.00 bits per heavy atom. The van der Waals surface area contributed by atoms with Gasteiger partial charge in [0.1, 0.15) is 0 Å². The van der Waals surface area contributed by atoms with Crippen LogP contribution in [0.1, 0.15) is 41.5 Å². The minimum Gasteiger partial charge on any atom is -0.228 e. The number of benzene rings is 8. The molecule has 56 heavy (non-hydrogen) atoms. The van der Waals surface area contributed by atoms with Gasteiger partial charge >= 0.3 is 0 Å². The van der Waals surface area contributed by atoms with E-state index in [0.29, 0.717) is 5.92 Å². The highest BCUT2D eigenvalue weighted by Gasteiger charge is 2.26. The number of fused-ring (bicyclic) bond motifs is 7. The fraction of sp³-hybridized carbons (Fsp3) is 0.0741. The predicted octanol–water partition coefficient (Wildman–Crippen LogP) is 14.2. The van der Waals surface area contributed by atoms with Gasteiger partial charge in [-0.3, -0.25) is 0 Å². The van der Waals surface area contributed by atoms with Crippen LogP contribution in [0.2, 0.25) is 0 Å². The summed E-state index contributed by atoms with van der Waals surface area (Å²) in [7, 11) is 0. The van der Waals surface area contributed by atoms with E-state index in [1.54, 1.807) is 0 Å². The number of aromatic nitrogens is 2. The van der Waals surface area contributed by atoms with Gasteiger partial charge in [-0.15, -0.1) is 0 Å². The summed E-state index contributed by atoms with van der Waals surface area (Å²) in [4.78, 5) is 10.6. The molecule has 0 fully saturated rings. The molecule has 2 heteroatoms. The summed E-state index contributed by atoms with van der Waals surface area (Å²) < 4.78 is 0. The van der Waals surface area contributed by atoms with Crippen LogP contribution in [0.5, 0.6) is 0 Å². The van der Waals surface area contributed by atoms with Crippen molar-refractivity contribution in [2.75, 3.05) is 0 Å². The zero-order valence-corrected chi connectivity index (χ0v) is 31.2. The van der Waals surface area contributed by atoms with Crippen LogP contribution in [0.15, 0.2) is 176 Å². The maximum atomic E-state index is 5.38. The first kappa shape index (κ1) is 32.5. The minimum atomic E-state index is 0.558. The van der Waals surface area contributed by atoms with Gasteiger partial charge in [0, 0.05) is 16.5 Å². The van der Waals surface area contributed by atoms with E-state index in [0.717, 1.165) is 46.4 Å². The third kappa shape index (κ3) is 5.48. The van der Waals surface area contributed by atoms with Crippen molar-refractivity contribution < 1.29 is 0 Å². The average molecular weight is 715 g/mol. The monoisotopic (exact) mass is 714 g/mol. The molecule has 1 unspecified atom stereocenters. The van der Waals surface area contributed by atoms with Gasteiger partial charge in [-0.25, -0.2) is 9.97 Å². The lowest BCUT2D eigenvalue weighted by Crippen LogP contribution is -1.99. The molecule has 264 valence electrons. The Labute approximate surface area is 327 Å². The molecule has 1 aromatic heterocycles. The molecule has 2 aliphatic carbocycles. The summed E-state index contributed by atoms with van der Waals surface area (Å²) in [6.45, 7) is 2.32. The predicted molar refractivity (Wildman–Crippen MR) is 235 cm³/mol. The van der Waals surface area contributed by atoms with Crippen molar-refractivity contribution in [3.63, 3.8) is 0 Å². The third-order valence-electron chi connectivity index (χ3n) is 11.9. The highest BCUT2D eigenvalue weighted by atomic mass is 14.9. The molecule has 11 rings (SSSR count). The molecule has 1 atom stereocenters. The van der Waals surface area contributed by atoms with Crippen molar-refractivity contribution in [2.45, 2.75) is 25.7 Å². The summed E-state index contributed by atoms with van der Waals surface area (Å²) in [5.74, 6) is 1.30. The molecule has 0 amide bonds. The van der Waals surface area contributed by atoms with Crippen molar-refractivity contribution in [3.05, 3.63) is 198 Å². The number of hydrogen-bond acceptors (Lipinski definition) is 2. The van der Waals surface area contributed by atoms with E-state index in [-0.39, 0.29) is 0 Å². The molecule has 0 saturated heterocycles. The molecule has 0 saturated carbocycles. The quantitative estimate of drug-likeness (QED) is 0.177. The number of rotatable bonds is 5. The Morgan fingerprint density at radius 1 is 0.482 bits per heavy atom. The fourth-order valence-corrected chi connectivity index (χ4v) is 9.05. The van der Waals surface area contributed by atoms with E-state index in [1.807, 2.05) is 0 Å². The molecule has 0 N–H and O–H groups in total. The largest absolute Gasteiger partial charge is 0.228 e. The minimum absolute atomic E-state index is 0.558. The molecule has 1 heterocycles. The molecule has 2 aliphatic rings. The summed E-state index contributed by atoms with van der Waals surface area (Å²) in [5.41, 5.74) is 19.4. The number of nitrogens with zero attached hydrogens (tertiary/aromatic N) is 2. The van der Waals surface area contributed by atoms with Gasteiger partial charge in [-0.2, -0.15) is 0 Å². The van der Waals surface area contributed by atoms with E-state index in [4.69, 9.17) is 9.97 Å². The van der Waals surface area contributed by atoms with E-state index in [1.165, 1.54) is 77.5 Å². The van der Waals surface area contributed by atoms with Crippen LogP contribution in [0, 0.1) is 0 Å². The molecule has 2 nitrogen and oxygen atoms in total. The van der Waals surface area contributed by atoms with Gasteiger partial charge in [0.15, 0.2) is 5.82 Å². The molecule has 0 bridgehead atoms. The Hall–Kier alpha value is -6.90. The maximum absolute atomic E-state index is 5.38. The molecule has 8 aromatic carbocycles. The first-order valence-electron chi connectivity index (χ1n) is 19.7. The first-order chi connectivity index (χ1) is 27.6. The van der Waals surface area contributed by atoms with Crippen LogP contribution < -0.4 is 0 Å². The topological polar surface area (TPSA) is 25.8 Å². The molecule has 0 radical (unpaired) electrons. The number of para-hydroxylation sites is 1. The normalized spacial score (nSPS) is 14.1. The Balaban J connectivity index is 1.07. The lowest BCUT2D eigenvalue weighted by Gasteiger charge is -2.19. The van der Waals surface area contributed by atoms with Crippen molar-refractivity contribution in [1.82, 2.24) is 9.97 Å². The summed E-state index contributed by atoms with van der Waals surface area (Å²) in [6, 6.07) is 61.9. The van der Waals surface area contributed by atoms with Crippen molar-refractivity contribution >= 4 is 27.8 Å². The first-order valence-corrected chi connectivity index (χ1v) is 19.7. The standard InChI is InChI=1S/C54H38N2/c1-34-10-9-14-42-30-41(28-29-46(34)42)37-18-22-39(23-19-37)49-33-45(32-44-31-43-27-24-38-13-5-6-15-47(38)51(43)52(44)49)54-55-50-17-8-7-16-48(50)53(56-54)40-25-20-36(21-26-40)35-11-3-2-4-12-35/h2-9,11-30,32-34H,10,31H2,1H3. The van der Waals surface area contributed by atoms with Crippen molar-refractivity contribution in [1.29, 1.82) is 0 Å². The Morgan fingerprint density at radius 2 is 1.16 bits per heavy atom. The fourth-order valence-electron chi connectivity index (χ4n) is 9.05. The number of hydrogen-bond donors (Lipinski definition) is 0. The molecular weight excluding hydrogens is 677 g/mol. The van der Waals surface area contributed by atoms with Crippen LogP contribution in [0.4, 0.5) is 0 Å². The van der Waals surface area contributed by atoms with Crippen LogP contribution >= 0.6 is 0 Å². The molecular formula is C54H38N2. The SMILES string of the molecule is CC1CC=Cc2cc(-c3ccc(-c4cc(-c5nc(-c6ccc(-c7ccccc7)cc6)c6ccccc6n5)cc5c4-c4c(ccc6ccccc46)C5)cc3)ccc21. The van der Waals surface area contributed by atoms with Gasteiger partial charge in [0.2, 0.25) is 0 Å². The zero-order valence-electron chi connectivity index (χ0n) is 31.2. The summed E-state index contributed by atoms with van der Waals surface area (Å²) in [5, 5.41) is 3.61. The second-order valence-corrected chi connectivity index (χ2v) is 15.4. The highest BCUT2D eigenvalue weighted by molar-refractivity contribution is 6.06. The second kappa shape index (κ2) is 13.1. The molecule has 0 aliphatic heterocycles. The van der Waals surface area contributed by atoms with Crippen LogP contribution in [-0.4, -0.2) is 9.97 Å². The smallest absolute Gasteiger partial charge is 0.160 e. The van der Waals surface area contributed by atoms with Crippen LogP contribution in [0.25, 0.3) is 94.9 Å². The van der Waals surface area contributed by atoms with Gasteiger partial charge in [-0.05, 0) is 121 Å². The van der Waals surface area contributed by atoms with Gasteiger partial charge < -0.3 is 0 Å². The van der Waals surface area contributed by atoms with Crippen LogP contribution in [0.3, 0.4) is 0 Å².